The van der Waals surface area contributed by atoms with Crippen LogP contribution in [0.5, 0.6) is 0 Å². The molecule has 1 aromatic rings. The minimum Gasteiger partial charge on any atom is -0.346 e. The van der Waals surface area contributed by atoms with Crippen molar-refractivity contribution in [2.45, 2.75) is 19.3 Å². The standard InChI is InChI=1S/C12H14O2/c1-2-6-12-13-9-11(14-12)10-7-4-3-5-8-10/h2-8,11-12H,9H2,1H3/b6-2+. The summed E-state index contributed by atoms with van der Waals surface area (Å²) >= 11 is 0. The molecular formula is C12H14O2. The lowest BCUT2D eigenvalue weighted by atomic mass is 10.1. The van der Waals surface area contributed by atoms with Gasteiger partial charge in [-0.1, -0.05) is 36.4 Å². The minimum atomic E-state index is -0.176. The zero-order chi connectivity index (χ0) is 9.80. The van der Waals surface area contributed by atoms with Gasteiger partial charge in [0.1, 0.15) is 6.10 Å². The Balaban J connectivity index is 2.02. The van der Waals surface area contributed by atoms with Gasteiger partial charge >= 0.3 is 0 Å². The second kappa shape index (κ2) is 4.40. The highest BCUT2D eigenvalue weighted by molar-refractivity contribution is 5.18. The van der Waals surface area contributed by atoms with Crippen LogP contribution in [0.15, 0.2) is 42.5 Å². The van der Waals surface area contributed by atoms with Gasteiger partial charge in [0.25, 0.3) is 0 Å². The summed E-state index contributed by atoms with van der Waals surface area (Å²) in [6.45, 7) is 2.60. The summed E-state index contributed by atoms with van der Waals surface area (Å²) in [6, 6.07) is 10.2. The van der Waals surface area contributed by atoms with Crippen LogP contribution in [0.3, 0.4) is 0 Å². The average molecular weight is 190 g/mol. The van der Waals surface area contributed by atoms with Crippen LogP contribution < -0.4 is 0 Å². The molecule has 0 amide bonds. The molecule has 74 valence electrons. The van der Waals surface area contributed by atoms with Crippen LogP contribution in [0.2, 0.25) is 0 Å². The molecule has 1 aliphatic rings. The van der Waals surface area contributed by atoms with E-state index in [2.05, 4.69) is 12.1 Å². The van der Waals surface area contributed by atoms with Gasteiger partial charge in [-0.25, -0.2) is 0 Å². The summed E-state index contributed by atoms with van der Waals surface area (Å²) in [7, 11) is 0. The van der Waals surface area contributed by atoms with E-state index in [1.54, 1.807) is 0 Å². The van der Waals surface area contributed by atoms with Gasteiger partial charge in [0.05, 0.1) is 6.61 Å². The van der Waals surface area contributed by atoms with Gasteiger partial charge in [0.15, 0.2) is 6.29 Å². The summed E-state index contributed by atoms with van der Waals surface area (Å²) in [5.41, 5.74) is 1.18. The fourth-order valence-corrected chi connectivity index (χ4v) is 1.52. The van der Waals surface area contributed by atoms with Crippen molar-refractivity contribution < 1.29 is 9.47 Å². The van der Waals surface area contributed by atoms with E-state index in [1.807, 2.05) is 37.3 Å². The second-order valence-corrected chi connectivity index (χ2v) is 3.26. The minimum absolute atomic E-state index is 0.0809. The molecule has 2 unspecified atom stereocenters. The Labute approximate surface area is 84.2 Å². The summed E-state index contributed by atoms with van der Waals surface area (Å²) in [5, 5.41) is 0. The Hall–Kier alpha value is -1.12. The summed E-state index contributed by atoms with van der Waals surface area (Å²) in [6.07, 6.45) is 3.77. The zero-order valence-corrected chi connectivity index (χ0v) is 8.22. The molecule has 2 rings (SSSR count). The van der Waals surface area contributed by atoms with Crippen LogP contribution in [0.1, 0.15) is 18.6 Å². The van der Waals surface area contributed by atoms with Gasteiger partial charge in [-0.3, -0.25) is 0 Å². The number of hydrogen-bond donors (Lipinski definition) is 0. The van der Waals surface area contributed by atoms with Crippen LogP contribution >= 0.6 is 0 Å². The Morgan fingerprint density at radius 2 is 2.07 bits per heavy atom. The van der Waals surface area contributed by atoms with Gasteiger partial charge in [-0.05, 0) is 18.6 Å². The van der Waals surface area contributed by atoms with Gasteiger partial charge in [-0.15, -0.1) is 0 Å². The fraction of sp³-hybridized carbons (Fsp3) is 0.333. The number of benzene rings is 1. The number of allylic oxidation sites excluding steroid dienone is 1. The maximum absolute atomic E-state index is 5.68. The molecule has 14 heavy (non-hydrogen) atoms. The zero-order valence-electron chi connectivity index (χ0n) is 8.22. The highest BCUT2D eigenvalue weighted by atomic mass is 16.7. The lowest BCUT2D eigenvalue weighted by Gasteiger charge is -2.08. The highest BCUT2D eigenvalue weighted by Crippen LogP contribution is 2.26. The van der Waals surface area contributed by atoms with Crippen molar-refractivity contribution in [3.63, 3.8) is 0 Å². The monoisotopic (exact) mass is 190 g/mol. The van der Waals surface area contributed by atoms with Crippen molar-refractivity contribution in [2.24, 2.45) is 0 Å². The first kappa shape index (κ1) is 9.44. The molecule has 2 nitrogen and oxygen atoms in total. The van der Waals surface area contributed by atoms with Crippen LogP contribution in [-0.4, -0.2) is 12.9 Å². The maximum Gasteiger partial charge on any atom is 0.177 e. The smallest absolute Gasteiger partial charge is 0.177 e. The van der Waals surface area contributed by atoms with E-state index in [0.29, 0.717) is 6.61 Å². The first-order valence-corrected chi connectivity index (χ1v) is 4.85. The van der Waals surface area contributed by atoms with Crippen molar-refractivity contribution in [2.75, 3.05) is 6.61 Å². The molecule has 0 radical (unpaired) electrons. The number of ether oxygens (including phenoxy) is 2. The average Bonchev–Trinajstić information content (AvgIpc) is 2.68. The summed E-state index contributed by atoms with van der Waals surface area (Å²) < 4.78 is 11.1. The third kappa shape index (κ3) is 2.03. The Morgan fingerprint density at radius 3 is 2.79 bits per heavy atom. The molecule has 1 saturated heterocycles. The van der Waals surface area contributed by atoms with Crippen LogP contribution in [0.25, 0.3) is 0 Å². The van der Waals surface area contributed by atoms with Crippen molar-refractivity contribution in [3.8, 4) is 0 Å². The van der Waals surface area contributed by atoms with Crippen molar-refractivity contribution in [1.29, 1.82) is 0 Å². The lowest BCUT2D eigenvalue weighted by molar-refractivity contribution is -0.0201. The molecule has 1 heterocycles. The van der Waals surface area contributed by atoms with E-state index in [-0.39, 0.29) is 12.4 Å². The number of rotatable bonds is 2. The van der Waals surface area contributed by atoms with Gasteiger partial charge in [-0.2, -0.15) is 0 Å². The van der Waals surface area contributed by atoms with E-state index < -0.39 is 0 Å². The van der Waals surface area contributed by atoms with Gasteiger partial charge < -0.3 is 9.47 Å². The van der Waals surface area contributed by atoms with E-state index in [4.69, 9.17) is 9.47 Å². The Kier molecular flexibility index (Phi) is 2.96. The molecular weight excluding hydrogens is 176 g/mol. The van der Waals surface area contributed by atoms with E-state index in [9.17, 15) is 0 Å². The molecule has 0 spiro atoms. The van der Waals surface area contributed by atoms with E-state index in [1.165, 1.54) is 5.56 Å². The molecule has 0 N–H and O–H groups in total. The normalized spacial score (nSPS) is 27.2. The summed E-state index contributed by atoms with van der Waals surface area (Å²) in [5.74, 6) is 0. The van der Waals surface area contributed by atoms with Crippen molar-refractivity contribution in [3.05, 3.63) is 48.0 Å². The predicted molar refractivity (Wildman–Crippen MR) is 54.8 cm³/mol. The van der Waals surface area contributed by atoms with Crippen LogP contribution in [0.4, 0.5) is 0 Å². The van der Waals surface area contributed by atoms with E-state index in [0.717, 1.165) is 0 Å². The molecule has 2 heteroatoms. The van der Waals surface area contributed by atoms with Crippen molar-refractivity contribution >= 4 is 0 Å². The molecule has 0 aromatic heterocycles. The molecule has 0 saturated carbocycles. The largest absolute Gasteiger partial charge is 0.346 e. The topological polar surface area (TPSA) is 18.5 Å². The molecule has 1 aromatic carbocycles. The van der Waals surface area contributed by atoms with Gasteiger partial charge in [0, 0.05) is 0 Å². The molecule has 0 bridgehead atoms. The summed E-state index contributed by atoms with van der Waals surface area (Å²) in [4.78, 5) is 0. The SMILES string of the molecule is C/C=C/C1OCC(c2ccccc2)O1. The predicted octanol–water partition coefficient (Wildman–Crippen LogP) is 2.68. The van der Waals surface area contributed by atoms with Gasteiger partial charge in [0.2, 0.25) is 0 Å². The quantitative estimate of drug-likeness (QED) is 0.667. The lowest BCUT2D eigenvalue weighted by Crippen LogP contribution is -2.03. The number of hydrogen-bond acceptors (Lipinski definition) is 2. The molecule has 0 aliphatic carbocycles. The Morgan fingerprint density at radius 1 is 1.29 bits per heavy atom. The molecule has 1 aliphatic heterocycles. The maximum atomic E-state index is 5.68. The first-order valence-electron chi connectivity index (χ1n) is 4.85. The van der Waals surface area contributed by atoms with Crippen LogP contribution in [-0.2, 0) is 9.47 Å². The third-order valence-corrected chi connectivity index (χ3v) is 2.23. The van der Waals surface area contributed by atoms with E-state index >= 15 is 0 Å². The Bertz CT molecular complexity index is 305. The van der Waals surface area contributed by atoms with Crippen molar-refractivity contribution in [1.82, 2.24) is 0 Å². The highest BCUT2D eigenvalue weighted by Gasteiger charge is 2.24. The fourth-order valence-electron chi connectivity index (χ4n) is 1.52. The first-order chi connectivity index (χ1) is 6.90. The second-order valence-electron chi connectivity index (χ2n) is 3.26. The third-order valence-electron chi connectivity index (χ3n) is 2.23. The molecule has 2 atom stereocenters. The molecule has 1 fully saturated rings. The van der Waals surface area contributed by atoms with Crippen LogP contribution in [0, 0.1) is 0 Å².